The highest BCUT2D eigenvalue weighted by molar-refractivity contribution is 14.0. The summed E-state index contributed by atoms with van der Waals surface area (Å²) in [5.41, 5.74) is 1.31. The molecule has 0 fully saturated rings. The predicted molar refractivity (Wildman–Crippen MR) is 110 cm³/mol. The van der Waals surface area contributed by atoms with E-state index in [-0.39, 0.29) is 24.0 Å². The minimum atomic E-state index is -3.10. The number of thiophene rings is 1. The summed E-state index contributed by atoms with van der Waals surface area (Å²) >= 11 is 1.70. The van der Waals surface area contributed by atoms with Gasteiger partial charge in [0.2, 0.25) is 10.0 Å². The van der Waals surface area contributed by atoms with Crippen LogP contribution in [0.1, 0.15) is 31.7 Å². The first-order chi connectivity index (χ1) is 10.4. The van der Waals surface area contributed by atoms with E-state index in [2.05, 4.69) is 44.1 Å². The van der Waals surface area contributed by atoms with E-state index in [1.807, 2.05) is 6.92 Å². The molecule has 0 aliphatic carbocycles. The van der Waals surface area contributed by atoms with E-state index in [9.17, 15) is 8.42 Å². The van der Waals surface area contributed by atoms with Gasteiger partial charge in [-0.2, -0.15) is 11.3 Å². The van der Waals surface area contributed by atoms with Gasteiger partial charge in [0.1, 0.15) is 0 Å². The fourth-order valence-corrected chi connectivity index (χ4v) is 3.08. The van der Waals surface area contributed by atoms with Crippen molar-refractivity contribution in [1.82, 2.24) is 15.4 Å². The zero-order chi connectivity index (χ0) is 16.4. The Labute approximate surface area is 160 Å². The number of nitrogens with one attached hydrogen (secondary N) is 3. The molecule has 0 aromatic carbocycles. The molecule has 0 radical (unpaired) electrons. The lowest BCUT2D eigenvalue weighted by Crippen LogP contribution is -2.39. The van der Waals surface area contributed by atoms with E-state index in [1.165, 1.54) is 5.56 Å². The van der Waals surface area contributed by atoms with Crippen LogP contribution in [-0.4, -0.2) is 46.8 Å². The maximum Gasteiger partial charge on any atom is 0.208 e. The third-order valence-electron chi connectivity index (χ3n) is 2.99. The van der Waals surface area contributed by atoms with Gasteiger partial charge in [0.25, 0.3) is 0 Å². The van der Waals surface area contributed by atoms with Crippen molar-refractivity contribution in [3.63, 3.8) is 0 Å². The van der Waals surface area contributed by atoms with E-state index < -0.39 is 10.0 Å². The van der Waals surface area contributed by atoms with Crippen molar-refractivity contribution in [2.45, 2.75) is 26.2 Å². The molecule has 1 unspecified atom stereocenters. The first kappa shape index (κ1) is 22.6. The van der Waals surface area contributed by atoms with Gasteiger partial charge in [0.05, 0.1) is 6.26 Å². The minimum Gasteiger partial charge on any atom is -0.357 e. The largest absolute Gasteiger partial charge is 0.357 e. The number of rotatable bonds is 9. The van der Waals surface area contributed by atoms with Crippen LogP contribution in [0.4, 0.5) is 0 Å². The van der Waals surface area contributed by atoms with Gasteiger partial charge in [0, 0.05) is 32.1 Å². The number of hydrogen-bond donors (Lipinski definition) is 3. The Bertz CT molecular complexity index is 547. The normalized spacial score (nSPS) is 13.3. The van der Waals surface area contributed by atoms with Gasteiger partial charge in [-0.25, -0.2) is 13.1 Å². The smallest absolute Gasteiger partial charge is 0.208 e. The molecule has 0 bridgehead atoms. The molecule has 0 aliphatic heterocycles. The highest BCUT2D eigenvalue weighted by Crippen LogP contribution is 2.18. The summed E-state index contributed by atoms with van der Waals surface area (Å²) in [6, 6.07) is 2.13. The molecule has 9 heteroatoms. The van der Waals surface area contributed by atoms with E-state index in [0.29, 0.717) is 32.0 Å². The fourth-order valence-electron chi connectivity index (χ4n) is 1.78. The van der Waals surface area contributed by atoms with E-state index in [1.54, 1.807) is 11.3 Å². The highest BCUT2D eigenvalue weighted by atomic mass is 127. The maximum atomic E-state index is 11.0. The molecule has 0 saturated carbocycles. The second-order valence-electron chi connectivity index (χ2n) is 5.12. The summed E-state index contributed by atoms with van der Waals surface area (Å²) in [6.45, 7) is 6.78. The number of sulfonamides is 1. The van der Waals surface area contributed by atoms with Gasteiger partial charge in [-0.15, -0.1) is 24.0 Å². The summed E-state index contributed by atoms with van der Waals surface area (Å²) in [5, 5.41) is 10.6. The van der Waals surface area contributed by atoms with Crippen LogP contribution in [0.15, 0.2) is 21.8 Å². The SMILES string of the molecule is CCNC(=NCC(C)c1ccsc1)NCCCNS(C)(=O)=O.I. The molecule has 1 heterocycles. The van der Waals surface area contributed by atoms with Gasteiger partial charge >= 0.3 is 0 Å². The van der Waals surface area contributed by atoms with Crippen molar-refractivity contribution in [2.24, 2.45) is 4.99 Å². The molecule has 134 valence electrons. The molecule has 1 atom stereocenters. The summed E-state index contributed by atoms with van der Waals surface area (Å²) in [7, 11) is -3.10. The first-order valence-corrected chi connectivity index (χ1v) is 10.2. The van der Waals surface area contributed by atoms with Gasteiger partial charge < -0.3 is 10.6 Å². The Kier molecular flexibility index (Phi) is 11.8. The molecule has 0 saturated heterocycles. The lowest BCUT2D eigenvalue weighted by Gasteiger charge is -2.13. The van der Waals surface area contributed by atoms with Crippen LogP contribution in [0.3, 0.4) is 0 Å². The summed E-state index contributed by atoms with van der Waals surface area (Å²) in [6.07, 6.45) is 1.87. The molecular weight excluding hydrogens is 447 g/mol. The zero-order valence-electron chi connectivity index (χ0n) is 13.8. The molecule has 23 heavy (non-hydrogen) atoms. The number of halogens is 1. The van der Waals surface area contributed by atoms with Gasteiger partial charge in [-0.3, -0.25) is 4.99 Å². The molecule has 0 spiro atoms. The van der Waals surface area contributed by atoms with Crippen LogP contribution < -0.4 is 15.4 Å². The lowest BCUT2D eigenvalue weighted by molar-refractivity contribution is 0.584. The van der Waals surface area contributed by atoms with E-state index in [4.69, 9.17) is 0 Å². The molecule has 6 nitrogen and oxygen atoms in total. The van der Waals surface area contributed by atoms with Crippen molar-refractivity contribution in [3.8, 4) is 0 Å². The van der Waals surface area contributed by atoms with Crippen LogP contribution in [-0.2, 0) is 10.0 Å². The first-order valence-electron chi connectivity index (χ1n) is 7.41. The minimum absolute atomic E-state index is 0. The second kappa shape index (κ2) is 12.0. The molecule has 0 amide bonds. The number of nitrogens with zero attached hydrogens (tertiary/aromatic N) is 1. The Morgan fingerprint density at radius 3 is 2.65 bits per heavy atom. The average molecular weight is 474 g/mol. The summed E-state index contributed by atoms with van der Waals surface area (Å²) < 4.78 is 24.4. The Morgan fingerprint density at radius 2 is 2.09 bits per heavy atom. The van der Waals surface area contributed by atoms with Gasteiger partial charge in [-0.05, 0) is 35.7 Å². The Hall–Kier alpha value is -0.390. The van der Waals surface area contributed by atoms with Crippen LogP contribution >= 0.6 is 35.3 Å². The van der Waals surface area contributed by atoms with Crippen LogP contribution in [0.5, 0.6) is 0 Å². The van der Waals surface area contributed by atoms with Crippen LogP contribution in [0.25, 0.3) is 0 Å². The predicted octanol–water partition coefficient (Wildman–Crippen LogP) is 1.96. The topological polar surface area (TPSA) is 82.6 Å². The highest BCUT2D eigenvalue weighted by Gasteiger charge is 2.06. The summed E-state index contributed by atoms with van der Waals surface area (Å²) in [5.74, 6) is 1.15. The Morgan fingerprint density at radius 1 is 1.35 bits per heavy atom. The Balaban J connectivity index is 0.00000484. The third kappa shape index (κ3) is 10.9. The zero-order valence-corrected chi connectivity index (χ0v) is 17.8. The molecule has 1 aromatic rings. The molecule has 0 aliphatic rings. The van der Waals surface area contributed by atoms with Crippen molar-refractivity contribution in [2.75, 3.05) is 32.4 Å². The second-order valence-corrected chi connectivity index (χ2v) is 7.74. The quantitative estimate of drug-likeness (QED) is 0.221. The molecule has 1 rings (SSSR count). The van der Waals surface area contributed by atoms with E-state index >= 15 is 0 Å². The van der Waals surface area contributed by atoms with Crippen molar-refractivity contribution in [3.05, 3.63) is 22.4 Å². The average Bonchev–Trinajstić information content (AvgIpc) is 2.96. The fraction of sp³-hybridized carbons (Fsp3) is 0.643. The maximum absolute atomic E-state index is 11.0. The molecule has 1 aromatic heterocycles. The summed E-state index contributed by atoms with van der Waals surface area (Å²) in [4.78, 5) is 4.58. The number of aliphatic imine (C=N–C) groups is 1. The molecular formula is C14H27IN4O2S2. The van der Waals surface area contributed by atoms with Gasteiger partial charge in [0.15, 0.2) is 5.96 Å². The van der Waals surface area contributed by atoms with Crippen molar-refractivity contribution >= 4 is 51.3 Å². The van der Waals surface area contributed by atoms with Crippen LogP contribution in [0, 0.1) is 0 Å². The van der Waals surface area contributed by atoms with Crippen LogP contribution in [0.2, 0.25) is 0 Å². The molecule has 3 N–H and O–H groups in total. The van der Waals surface area contributed by atoms with Gasteiger partial charge in [-0.1, -0.05) is 6.92 Å². The number of guanidine groups is 1. The van der Waals surface area contributed by atoms with Crippen molar-refractivity contribution in [1.29, 1.82) is 0 Å². The third-order valence-corrected chi connectivity index (χ3v) is 4.42. The van der Waals surface area contributed by atoms with Crippen molar-refractivity contribution < 1.29 is 8.42 Å². The monoisotopic (exact) mass is 474 g/mol. The lowest BCUT2D eigenvalue weighted by atomic mass is 10.1. The number of hydrogen-bond acceptors (Lipinski definition) is 4. The van der Waals surface area contributed by atoms with E-state index in [0.717, 1.165) is 18.8 Å². The standard InChI is InChI=1S/C14H26N4O2S2.HI/c1-4-15-14(16-7-5-8-18-22(3,19)20)17-10-12(2)13-6-9-21-11-13;/h6,9,11-12,18H,4-5,7-8,10H2,1-3H3,(H2,15,16,17);1H.